The normalized spacial score (nSPS) is 17.0. The van der Waals surface area contributed by atoms with E-state index in [1.54, 1.807) is 15.9 Å². The molecule has 1 unspecified atom stereocenters. The van der Waals surface area contributed by atoms with Crippen LogP contribution < -0.4 is 0 Å². The minimum absolute atomic E-state index is 0.0403. The standard InChI is InChI=1S/C17H21BrN2O4/c1-3-19(4-2)16(22)14-6-5-7-20(14)15(21)11-8-12(17(23)24)10-13(18)9-11/h8-10,14H,3-7H2,1-2H3,(H,23,24). The SMILES string of the molecule is CCN(CC)C(=O)C1CCCN1C(=O)c1cc(Br)cc(C(=O)O)c1. The van der Waals surface area contributed by atoms with Crippen molar-refractivity contribution < 1.29 is 19.5 Å². The van der Waals surface area contributed by atoms with Gasteiger partial charge in [0.2, 0.25) is 5.91 Å². The summed E-state index contributed by atoms with van der Waals surface area (Å²) in [6, 6.07) is 3.92. The molecule has 0 bridgehead atoms. The van der Waals surface area contributed by atoms with Gasteiger partial charge < -0.3 is 14.9 Å². The van der Waals surface area contributed by atoms with Crippen molar-refractivity contribution in [1.82, 2.24) is 9.80 Å². The fourth-order valence-electron chi connectivity index (χ4n) is 3.01. The second-order valence-corrected chi connectivity index (χ2v) is 6.62. The monoisotopic (exact) mass is 396 g/mol. The van der Waals surface area contributed by atoms with Crippen molar-refractivity contribution in [3.63, 3.8) is 0 Å². The van der Waals surface area contributed by atoms with Crippen LogP contribution in [0.4, 0.5) is 0 Å². The second-order valence-electron chi connectivity index (χ2n) is 5.70. The van der Waals surface area contributed by atoms with E-state index in [0.717, 1.165) is 6.42 Å². The lowest BCUT2D eigenvalue weighted by Crippen LogP contribution is -2.47. The molecular weight excluding hydrogens is 376 g/mol. The van der Waals surface area contributed by atoms with Crippen LogP contribution >= 0.6 is 15.9 Å². The molecule has 0 saturated carbocycles. The number of carbonyl (C=O) groups excluding carboxylic acids is 2. The van der Waals surface area contributed by atoms with Crippen LogP contribution in [0.3, 0.4) is 0 Å². The lowest BCUT2D eigenvalue weighted by Gasteiger charge is -2.29. The average molecular weight is 397 g/mol. The molecule has 6 nitrogen and oxygen atoms in total. The zero-order valence-corrected chi connectivity index (χ0v) is 15.4. The Bertz CT molecular complexity index is 658. The van der Waals surface area contributed by atoms with Crippen molar-refractivity contribution in [3.8, 4) is 0 Å². The molecule has 0 spiro atoms. The number of likely N-dealkylation sites (N-methyl/N-ethyl adjacent to an activating group) is 1. The summed E-state index contributed by atoms with van der Waals surface area (Å²) in [5.41, 5.74) is 0.319. The predicted octanol–water partition coefficient (Wildman–Crippen LogP) is 2.62. The smallest absolute Gasteiger partial charge is 0.335 e. The molecule has 24 heavy (non-hydrogen) atoms. The third kappa shape index (κ3) is 3.77. The van der Waals surface area contributed by atoms with E-state index in [9.17, 15) is 14.4 Å². The molecule has 0 aromatic heterocycles. The van der Waals surface area contributed by atoms with Crippen molar-refractivity contribution in [2.45, 2.75) is 32.7 Å². The zero-order valence-electron chi connectivity index (χ0n) is 13.8. The first-order chi connectivity index (χ1) is 11.4. The minimum Gasteiger partial charge on any atom is -0.478 e. The molecule has 2 rings (SSSR count). The van der Waals surface area contributed by atoms with E-state index in [1.807, 2.05) is 13.8 Å². The van der Waals surface area contributed by atoms with Gasteiger partial charge in [-0.1, -0.05) is 15.9 Å². The summed E-state index contributed by atoms with van der Waals surface area (Å²) in [6.07, 6.45) is 1.41. The molecule has 1 atom stereocenters. The van der Waals surface area contributed by atoms with Crippen molar-refractivity contribution in [3.05, 3.63) is 33.8 Å². The molecule has 1 aliphatic rings. The number of hydrogen-bond donors (Lipinski definition) is 1. The molecule has 1 fully saturated rings. The van der Waals surface area contributed by atoms with Gasteiger partial charge in [-0.25, -0.2) is 4.79 Å². The Labute approximate surface area is 149 Å². The van der Waals surface area contributed by atoms with Crippen LogP contribution in [0.25, 0.3) is 0 Å². The van der Waals surface area contributed by atoms with Crippen LogP contribution in [0, 0.1) is 0 Å². The van der Waals surface area contributed by atoms with Gasteiger partial charge in [-0.3, -0.25) is 9.59 Å². The lowest BCUT2D eigenvalue weighted by molar-refractivity contribution is -0.134. The zero-order chi connectivity index (χ0) is 17.9. The lowest BCUT2D eigenvalue weighted by atomic mass is 10.1. The van der Waals surface area contributed by atoms with Crippen molar-refractivity contribution in [1.29, 1.82) is 0 Å². The Hall–Kier alpha value is -1.89. The summed E-state index contributed by atoms with van der Waals surface area (Å²) in [6.45, 7) is 5.54. The van der Waals surface area contributed by atoms with E-state index in [2.05, 4.69) is 15.9 Å². The summed E-state index contributed by atoms with van der Waals surface area (Å²) in [5, 5.41) is 9.15. The highest BCUT2D eigenvalue weighted by molar-refractivity contribution is 9.10. The van der Waals surface area contributed by atoms with Crippen LogP contribution in [0.1, 0.15) is 47.4 Å². The van der Waals surface area contributed by atoms with Crippen LogP contribution in [0.2, 0.25) is 0 Å². The van der Waals surface area contributed by atoms with E-state index in [1.165, 1.54) is 12.1 Å². The topological polar surface area (TPSA) is 77.9 Å². The predicted molar refractivity (Wildman–Crippen MR) is 93.1 cm³/mol. The molecule has 7 heteroatoms. The van der Waals surface area contributed by atoms with Crippen molar-refractivity contribution in [2.24, 2.45) is 0 Å². The number of carbonyl (C=O) groups is 3. The Morgan fingerprint density at radius 1 is 1.21 bits per heavy atom. The Morgan fingerprint density at radius 2 is 1.83 bits per heavy atom. The third-order valence-electron chi connectivity index (χ3n) is 4.27. The maximum atomic E-state index is 12.8. The molecule has 1 saturated heterocycles. The average Bonchev–Trinajstić information content (AvgIpc) is 3.04. The summed E-state index contributed by atoms with van der Waals surface area (Å²) in [5.74, 6) is -1.44. The third-order valence-corrected chi connectivity index (χ3v) is 4.72. The molecule has 1 aromatic carbocycles. The Balaban J connectivity index is 2.28. The van der Waals surface area contributed by atoms with E-state index in [4.69, 9.17) is 5.11 Å². The largest absolute Gasteiger partial charge is 0.478 e. The Morgan fingerprint density at radius 3 is 2.42 bits per heavy atom. The number of rotatable bonds is 5. The number of amides is 2. The molecule has 0 aliphatic carbocycles. The fraction of sp³-hybridized carbons (Fsp3) is 0.471. The summed E-state index contributed by atoms with van der Waals surface area (Å²) >= 11 is 3.24. The number of aromatic carboxylic acids is 1. The maximum Gasteiger partial charge on any atom is 0.335 e. The number of likely N-dealkylation sites (tertiary alicyclic amines) is 1. The highest BCUT2D eigenvalue weighted by atomic mass is 79.9. The van der Waals surface area contributed by atoms with E-state index in [-0.39, 0.29) is 22.9 Å². The van der Waals surface area contributed by atoms with E-state index >= 15 is 0 Å². The van der Waals surface area contributed by atoms with Gasteiger partial charge in [0.05, 0.1) is 5.56 Å². The van der Waals surface area contributed by atoms with Gasteiger partial charge in [0.25, 0.3) is 5.91 Å². The number of carboxylic acids is 1. The highest BCUT2D eigenvalue weighted by Gasteiger charge is 2.36. The van der Waals surface area contributed by atoms with Gasteiger partial charge >= 0.3 is 5.97 Å². The van der Waals surface area contributed by atoms with Gasteiger partial charge in [0.1, 0.15) is 6.04 Å². The molecule has 1 aliphatic heterocycles. The van der Waals surface area contributed by atoms with Crippen LogP contribution in [-0.2, 0) is 4.79 Å². The van der Waals surface area contributed by atoms with Crippen LogP contribution in [-0.4, -0.2) is 58.4 Å². The maximum absolute atomic E-state index is 12.8. The van der Waals surface area contributed by atoms with Gasteiger partial charge in [-0.05, 0) is 44.9 Å². The first kappa shape index (κ1) is 18.4. The molecule has 1 N–H and O–H groups in total. The number of halogens is 1. The van der Waals surface area contributed by atoms with Gasteiger partial charge in [0.15, 0.2) is 0 Å². The van der Waals surface area contributed by atoms with Gasteiger partial charge in [0, 0.05) is 29.7 Å². The van der Waals surface area contributed by atoms with Crippen LogP contribution in [0.5, 0.6) is 0 Å². The minimum atomic E-state index is -1.09. The molecule has 130 valence electrons. The number of nitrogens with zero attached hydrogens (tertiary/aromatic N) is 2. The highest BCUT2D eigenvalue weighted by Crippen LogP contribution is 2.24. The number of carboxylic acid groups (broad SMARTS) is 1. The quantitative estimate of drug-likeness (QED) is 0.829. The summed E-state index contributed by atoms with van der Waals surface area (Å²) < 4.78 is 0.525. The van der Waals surface area contributed by atoms with E-state index in [0.29, 0.717) is 30.5 Å². The van der Waals surface area contributed by atoms with E-state index < -0.39 is 12.0 Å². The summed E-state index contributed by atoms with van der Waals surface area (Å²) in [4.78, 5) is 39.9. The first-order valence-electron chi connectivity index (χ1n) is 8.02. The van der Waals surface area contributed by atoms with Crippen molar-refractivity contribution in [2.75, 3.05) is 19.6 Å². The van der Waals surface area contributed by atoms with Crippen LogP contribution in [0.15, 0.2) is 22.7 Å². The Kier molecular flexibility index (Phi) is 5.99. The van der Waals surface area contributed by atoms with Gasteiger partial charge in [-0.2, -0.15) is 0 Å². The molecule has 1 heterocycles. The summed E-state index contributed by atoms with van der Waals surface area (Å²) in [7, 11) is 0. The molecule has 1 aromatic rings. The number of hydrogen-bond acceptors (Lipinski definition) is 3. The molecular formula is C17H21BrN2O4. The first-order valence-corrected chi connectivity index (χ1v) is 8.82. The molecule has 0 radical (unpaired) electrons. The van der Waals surface area contributed by atoms with Crippen molar-refractivity contribution >= 4 is 33.7 Å². The van der Waals surface area contributed by atoms with Gasteiger partial charge in [-0.15, -0.1) is 0 Å². The number of benzene rings is 1. The fourth-order valence-corrected chi connectivity index (χ4v) is 3.51. The molecule has 2 amide bonds. The second kappa shape index (κ2) is 7.79.